The average Bonchev–Trinajstić information content (AvgIpc) is 2.61. The summed E-state index contributed by atoms with van der Waals surface area (Å²) in [6.07, 6.45) is 2.42. The first kappa shape index (κ1) is 19.4. The zero-order valence-corrected chi connectivity index (χ0v) is 15.5. The van der Waals surface area contributed by atoms with E-state index >= 15 is 0 Å². The van der Waals surface area contributed by atoms with E-state index in [1.165, 1.54) is 12.1 Å². The molecular formula is C17H25N3O4S. The molecule has 1 aliphatic rings. The van der Waals surface area contributed by atoms with Gasteiger partial charge in [0.2, 0.25) is 5.91 Å². The summed E-state index contributed by atoms with van der Waals surface area (Å²) in [5, 5.41) is 3.01. The lowest BCUT2D eigenvalue weighted by atomic mass is 10.1. The minimum Gasteiger partial charge on any atom is -0.339 e. The minimum atomic E-state index is -3.35. The summed E-state index contributed by atoms with van der Waals surface area (Å²) in [5.41, 5.74) is 0.358. The van der Waals surface area contributed by atoms with Crippen LogP contribution in [0.15, 0.2) is 29.2 Å². The molecule has 7 nitrogen and oxygen atoms in total. The van der Waals surface area contributed by atoms with E-state index in [0.717, 1.165) is 19.2 Å². The number of hydrogen-bond donors (Lipinski definition) is 1. The lowest BCUT2D eigenvalue weighted by molar-refractivity contribution is -0.132. The highest BCUT2D eigenvalue weighted by Gasteiger charge is 2.25. The molecule has 1 aliphatic heterocycles. The summed E-state index contributed by atoms with van der Waals surface area (Å²) >= 11 is 0. The third-order valence-electron chi connectivity index (χ3n) is 4.25. The molecule has 138 valence electrons. The molecule has 0 aromatic heterocycles. The first-order valence-electron chi connectivity index (χ1n) is 8.34. The highest BCUT2D eigenvalue weighted by molar-refractivity contribution is 7.90. The fraction of sp³-hybridized carbons (Fsp3) is 0.529. The molecule has 1 fully saturated rings. The predicted octanol–water partition coefficient (Wildman–Crippen LogP) is 0.374. The number of piperazine rings is 1. The summed E-state index contributed by atoms with van der Waals surface area (Å²) in [7, 11) is -1.49. The van der Waals surface area contributed by atoms with Gasteiger partial charge in [-0.1, -0.05) is 6.07 Å². The summed E-state index contributed by atoms with van der Waals surface area (Å²) in [4.78, 5) is 28.3. The van der Waals surface area contributed by atoms with Gasteiger partial charge in [0.25, 0.3) is 5.91 Å². The summed E-state index contributed by atoms with van der Waals surface area (Å²) in [6.45, 7) is 2.74. The number of nitrogens with one attached hydrogen (secondary N) is 1. The molecule has 0 radical (unpaired) electrons. The fourth-order valence-electron chi connectivity index (χ4n) is 2.78. The van der Waals surface area contributed by atoms with Gasteiger partial charge in [0, 0.05) is 44.4 Å². The number of carbonyl (C=O) groups is 2. The zero-order chi connectivity index (χ0) is 18.4. The Morgan fingerprint density at radius 1 is 1.12 bits per heavy atom. The van der Waals surface area contributed by atoms with Gasteiger partial charge in [-0.15, -0.1) is 0 Å². The Kier molecular flexibility index (Phi) is 6.55. The van der Waals surface area contributed by atoms with Crippen LogP contribution in [0.5, 0.6) is 0 Å². The Labute approximate surface area is 148 Å². The molecule has 1 aromatic carbocycles. The van der Waals surface area contributed by atoms with E-state index in [-0.39, 0.29) is 16.7 Å². The maximum absolute atomic E-state index is 12.6. The highest BCUT2D eigenvalue weighted by atomic mass is 32.2. The van der Waals surface area contributed by atoms with Crippen molar-refractivity contribution in [1.82, 2.24) is 15.1 Å². The predicted molar refractivity (Wildman–Crippen MR) is 95.2 cm³/mol. The van der Waals surface area contributed by atoms with Gasteiger partial charge in [-0.2, -0.15) is 0 Å². The third-order valence-corrected chi connectivity index (χ3v) is 5.36. The number of amides is 2. The van der Waals surface area contributed by atoms with Gasteiger partial charge in [0.1, 0.15) is 0 Å². The first-order chi connectivity index (χ1) is 11.8. The van der Waals surface area contributed by atoms with Crippen LogP contribution in [-0.4, -0.2) is 76.1 Å². The molecule has 0 unspecified atom stereocenters. The van der Waals surface area contributed by atoms with Crippen molar-refractivity contribution in [3.63, 3.8) is 0 Å². The minimum absolute atomic E-state index is 0.112. The fourth-order valence-corrected chi connectivity index (χ4v) is 3.44. The van der Waals surface area contributed by atoms with Crippen molar-refractivity contribution in [2.45, 2.75) is 17.7 Å². The van der Waals surface area contributed by atoms with Crippen LogP contribution in [0.1, 0.15) is 23.2 Å². The Bertz CT molecular complexity index is 725. The highest BCUT2D eigenvalue weighted by Crippen LogP contribution is 2.15. The molecule has 0 atom stereocenters. The van der Waals surface area contributed by atoms with Gasteiger partial charge in [-0.25, -0.2) is 8.42 Å². The van der Waals surface area contributed by atoms with E-state index in [1.54, 1.807) is 21.9 Å². The lowest BCUT2D eigenvalue weighted by Crippen LogP contribution is -2.50. The Morgan fingerprint density at radius 2 is 1.76 bits per heavy atom. The quantitative estimate of drug-likeness (QED) is 0.735. The van der Waals surface area contributed by atoms with Gasteiger partial charge in [0.15, 0.2) is 9.84 Å². The second-order valence-electron chi connectivity index (χ2n) is 6.18. The van der Waals surface area contributed by atoms with E-state index in [9.17, 15) is 18.0 Å². The van der Waals surface area contributed by atoms with E-state index in [0.29, 0.717) is 38.2 Å². The van der Waals surface area contributed by atoms with Gasteiger partial charge in [-0.3, -0.25) is 9.59 Å². The van der Waals surface area contributed by atoms with Crippen LogP contribution in [0, 0.1) is 0 Å². The Hall–Kier alpha value is -1.93. The van der Waals surface area contributed by atoms with Crippen LogP contribution in [-0.2, 0) is 14.6 Å². The maximum atomic E-state index is 12.6. The molecule has 0 bridgehead atoms. The van der Waals surface area contributed by atoms with Crippen molar-refractivity contribution in [3.8, 4) is 0 Å². The SMILES string of the molecule is CNCCCC(=O)N1CCN(C(=O)c2cccc(S(C)(=O)=O)c2)CC1. The number of benzene rings is 1. The molecule has 8 heteroatoms. The second kappa shape index (κ2) is 8.44. The summed E-state index contributed by atoms with van der Waals surface area (Å²) in [6, 6.07) is 6.08. The molecule has 1 N–H and O–H groups in total. The van der Waals surface area contributed by atoms with E-state index in [4.69, 9.17) is 0 Å². The second-order valence-corrected chi connectivity index (χ2v) is 8.20. The van der Waals surface area contributed by atoms with Crippen LogP contribution >= 0.6 is 0 Å². The lowest BCUT2D eigenvalue weighted by Gasteiger charge is -2.35. The molecule has 0 spiro atoms. The molecule has 0 saturated carbocycles. The molecule has 1 aromatic rings. The smallest absolute Gasteiger partial charge is 0.254 e. The standard InChI is InChI=1S/C17H25N3O4S/c1-18-8-4-7-16(21)19-9-11-20(12-10-19)17(22)14-5-3-6-15(13-14)25(2,23)24/h3,5-6,13,18H,4,7-12H2,1-2H3. The van der Waals surface area contributed by atoms with Crippen LogP contribution in [0.25, 0.3) is 0 Å². The molecule has 2 rings (SSSR count). The topological polar surface area (TPSA) is 86.8 Å². The molecule has 1 saturated heterocycles. The van der Waals surface area contributed by atoms with Crippen molar-refractivity contribution in [1.29, 1.82) is 0 Å². The van der Waals surface area contributed by atoms with Gasteiger partial charge in [-0.05, 0) is 38.2 Å². The van der Waals surface area contributed by atoms with Gasteiger partial charge < -0.3 is 15.1 Å². The van der Waals surface area contributed by atoms with E-state index in [2.05, 4.69) is 5.32 Å². The normalized spacial score (nSPS) is 15.3. The van der Waals surface area contributed by atoms with Crippen LogP contribution in [0.3, 0.4) is 0 Å². The zero-order valence-electron chi connectivity index (χ0n) is 14.7. The first-order valence-corrected chi connectivity index (χ1v) is 10.2. The number of hydrogen-bond acceptors (Lipinski definition) is 5. The molecular weight excluding hydrogens is 342 g/mol. The molecule has 2 amide bonds. The number of rotatable bonds is 6. The van der Waals surface area contributed by atoms with Crippen molar-refractivity contribution < 1.29 is 18.0 Å². The van der Waals surface area contributed by atoms with Crippen molar-refractivity contribution >= 4 is 21.7 Å². The van der Waals surface area contributed by atoms with Crippen LogP contribution in [0.4, 0.5) is 0 Å². The van der Waals surface area contributed by atoms with E-state index < -0.39 is 9.84 Å². The van der Waals surface area contributed by atoms with Crippen molar-refractivity contribution in [2.24, 2.45) is 0 Å². The van der Waals surface area contributed by atoms with Crippen LogP contribution < -0.4 is 5.32 Å². The molecule has 0 aliphatic carbocycles. The van der Waals surface area contributed by atoms with E-state index in [1.807, 2.05) is 7.05 Å². The maximum Gasteiger partial charge on any atom is 0.254 e. The number of sulfone groups is 1. The Morgan fingerprint density at radius 3 is 2.36 bits per heavy atom. The third kappa shape index (κ3) is 5.27. The largest absolute Gasteiger partial charge is 0.339 e. The number of carbonyl (C=O) groups excluding carboxylic acids is 2. The van der Waals surface area contributed by atoms with Gasteiger partial charge in [0.05, 0.1) is 4.90 Å². The van der Waals surface area contributed by atoms with Crippen LogP contribution in [0.2, 0.25) is 0 Å². The van der Waals surface area contributed by atoms with Crippen molar-refractivity contribution in [2.75, 3.05) is 46.0 Å². The summed E-state index contributed by atoms with van der Waals surface area (Å²) in [5.74, 6) is -0.0887. The molecule has 1 heterocycles. The summed E-state index contributed by atoms with van der Waals surface area (Å²) < 4.78 is 23.3. The molecule has 25 heavy (non-hydrogen) atoms. The number of nitrogens with zero attached hydrogens (tertiary/aromatic N) is 2. The van der Waals surface area contributed by atoms with Gasteiger partial charge >= 0.3 is 0 Å². The van der Waals surface area contributed by atoms with Crippen molar-refractivity contribution in [3.05, 3.63) is 29.8 Å². The monoisotopic (exact) mass is 367 g/mol. The average molecular weight is 367 g/mol. The Balaban J connectivity index is 1.94.